The second kappa shape index (κ2) is 8.45. The van der Waals surface area contributed by atoms with Crippen LogP contribution in [0.1, 0.15) is 13.8 Å². The largest absolute Gasteiger partial charge is 0.378 e. The van der Waals surface area contributed by atoms with Crippen molar-refractivity contribution < 1.29 is 4.74 Å². The van der Waals surface area contributed by atoms with Crippen LogP contribution in [0.4, 0.5) is 11.8 Å². The number of aromatic nitrogens is 2. The van der Waals surface area contributed by atoms with Crippen LogP contribution in [0.3, 0.4) is 0 Å². The summed E-state index contributed by atoms with van der Waals surface area (Å²) in [6.45, 7) is 11.7. The van der Waals surface area contributed by atoms with Crippen LogP contribution < -0.4 is 9.80 Å². The standard InChI is InChI=1S/C19H29N5O/c1-4-23(5-2)11-10-22(3)18-16-8-6-7-9-17(16)20-19(21-18)24-12-14-25-15-13-24/h6-9H,4-5,10-15H2,1-3H3. The summed E-state index contributed by atoms with van der Waals surface area (Å²) in [6, 6.07) is 8.28. The van der Waals surface area contributed by atoms with Crippen LogP contribution in [0, 0.1) is 0 Å². The molecule has 0 saturated carbocycles. The highest BCUT2D eigenvalue weighted by Crippen LogP contribution is 2.26. The summed E-state index contributed by atoms with van der Waals surface area (Å²) >= 11 is 0. The van der Waals surface area contributed by atoms with Gasteiger partial charge in [-0.05, 0) is 25.2 Å². The second-order valence-electron chi connectivity index (χ2n) is 6.41. The first-order chi connectivity index (χ1) is 12.2. The molecule has 136 valence electrons. The van der Waals surface area contributed by atoms with Crippen molar-refractivity contribution in [3.05, 3.63) is 24.3 Å². The number of para-hydroxylation sites is 1. The third-order valence-electron chi connectivity index (χ3n) is 4.87. The lowest BCUT2D eigenvalue weighted by molar-refractivity contribution is 0.122. The van der Waals surface area contributed by atoms with Crippen LogP contribution in [0.25, 0.3) is 10.9 Å². The van der Waals surface area contributed by atoms with E-state index >= 15 is 0 Å². The van der Waals surface area contributed by atoms with Crippen molar-refractivity contribution >= 4 is 22.7 Å². The van der Waals surface area contributed by atoms with Crippen molar-refractivity contribution in [3.8, 4) is 0 Å². The highest BCUT2D eigenvalue weighted by atomic mass is 16.5. The topological polar surface area (TPSA) is 44.7 Å². The minimum absolute atomic E-state index is 0.739. The summed E-state index contributed by atoms with van der Waals surface area (Å²) in [7, 11) is 2.13. The fourth-order valence-corrected chi connectivity index (χ4v) is 3.18. The minimum Gasteiger partial charge on any atom is -0.378 e. The van der Waals surface area contributed by atoms with Gasteiger partial charge < -0.3 is 19.4 Å². The van der Waals surface area contributed by atoms with Gasteiger partial charge in [-0.25, -0.2) is 4.98 Å². The van der Waals surface area contributed by atoms with E-state index in [1.54, 1.807) is 0 Å². The number of rotatable bonds is 7. The molecular formula is C19H29N5O. The first kappa shape index (κ1) is 17.9. The van der Waals surface area contributed by atoms with Gasteiger partial charge in [0.1, 0.15) is 5.82 Å². The summed E-state index contributed by atoms with van der Waals surface area (Å²) in [5.41, 5.74) is 1.00. The molecule has 0 aliphatic carbocycles. The monoisotopic (exact) mass is 343 g/mol. The van der Waals surface area contributed by atoms with Crippen molar-refractivity contribution in [1.82, 2.24) is 14.9 Å². The van der Waals surface area contributed by atoms with Crippen molar-refractivity contribution in [2.75, 3.05) is 69.3 Å². The highest BCUT2D eigenvalue weighted by Gasteiger charge is 2.18. The number of hydrogen-bond donors (Lipinski definition) is 0. The molecule has 1 aliphatic heterocycles. The Bertz CT molecular complexity index is 683. The van der Waals surface area contributed by atoms with Gasteiger partial charge in [-0.1, -0.05) is 26.0 Å². The van der Waals surface area contributed by atoms with Gasteiger partial charge >= 0.3 is 0 Å². The molecule has 0 spiro atoms. The van der Waals surface area contributed by atoms with E-state index in [9.17, 15) is 0 Å². The first-order valence-electron chi connectivity index (χ1n) is 9.26. The van der Waals surface area contributed by atoms with E-state index < -0.39 is 0 Å². The Morgan fingerprint density at radius 1 is 1.04 bits per heavy atom. The molecule has 1 saturated heterocycles. The number of likely N-dealkylation sites (N-methyl/N-ethyl adjacent to an activating group) is 2. The maximum Gasteiger partial charge on any atom is 0.228 e. The molecule has 1 aromatic heterocycles. The summed E-state index contributed by atoms with van der Waals surface area (Å²) in [5.74, 6) is 1.82. The van der Waals surface area contributed by atoms with Crippen molar-refractivity contribution in [1.29, 1.82) is 0 Å². The minimum atomic E-state index is 0.739. The van der Waals surface area contributed by atoms with Crippen LogP contribution in [-0.4, -0.2) is 74.4 Å². The van der Waals surface area contributed by atoms with Crippen molar-refractivity contribution in [2.45, 2.75) is 13.8 Å². The van der Waals surface area contributed by atoms with E-state index in [-0.39, 0.29) is 0 Å². The van der Waals surface area contributed by atoms with Crippen molar-refractivity contribution in [2.24, 2.45) is 0 Å². The Labute approximate surface area is 150 Å². The molecule has 6 nitrogen and oxygen atoms in total. The molecule has 0 amide bonds. The highest BCUT2D eigenvalue weighted by molar-refractivity contribution is 5.90. The maximum absolute atomic E-state index is 5.46. The van der Waals surface area contributed by atoms with E-state index in [0.717, 1.165) is 75.2 Å². The lowest BCUT2D eigenvalue weighted by Gasteiger charge is -2.29. The zero-order valence-corrected chi connectivity index (χ0v) is 15.6. The lowest BCUT2D eigenvalue weighted by Crippen LogP contribution is -2.38. The van der Waals surface area contributed by atoms with Gasteiger partial charge in [0.05, 0.1) is 18.7 Å². The Kier molecular flexibility index (Phi) is 6.04. The molecule has 1 fully saturated rings. The van der Waals surface area contributed by atoms with Crippen LogP contribution in [-0.2, 0) is 4.74 Å². The van der Waals surface area contributed by atoms with E-state index in [2.05, 4.69) is 53.8 Å². The van der Waals surface area contributed by atoms with E-state index in [0.29, 0.717) is 0 Å². The van der Waals surface area contributed by atoms with Gasteiger partial charge in [-0.2, -0.15) is 4.98 Å². The van der Waals surface area contributed by atoms with Gasteiger partial charge in [-0.15, -0.1) is 0 Å². The van der Waals surface area contributed by atoms with E-state index in [4.69, 9.17) is 14.7 Å². The maximum atomic E-state index is 5.46. The summed E-state index contributed by atoms with van der Waals surface area (Å²) in [5, 5.41) is 1.11. The van der Waals surface area contributed by atoms with Crippen molar-refractivity contribution in [3.63, 3.8) is 0 Å². The predicted molar refractivity (Wildman–Crippen MR) is 104 cm³/mol. The SMILES string of the molecule is CCN(CC)CCN(C)c1nc(N2CCOCC2)nc2ccccc12. The number of ether oxygens (including phenoxy) is 1. The van der Waals surface area contributed by atoms with Crippen LogP contribution in [0.15, 0.2) is 24.3 Å². The molecule has 0 radical (unpaired) electrons. The average Bonchev–Trinajstić information content (AvgIpc) is 2.68. The average molecular weight is 343 g/mol. The second-order valence-corrected chi connectivity index (χ2v) is 6.41. The van der Waals surface area contributed by atoms with Gasteiger partial charge in [0, 0.05) is 38.6 Å². The smallest absolute Gasteiger partial charge is 0.228 e. The van der Waals surface area contributed by atoms with Crippen LogP contribution >= 0.6 is 0 Å². The molecule has 0 N–H and O–H groups in total. The molecule has 1 aliphatic rings. The number of hydrogen-bond acceptors (Lipinski definition) is 6. The fourth-order valence-electron chi connectivity index (χ4n) is 3.18. The Morgan fingerprint density at radius 2 is 1.76 bits per heavy atom. The molecule has 0 atom stereocenters. The molecular weight excluding hydrogens is 314 g/mol. The van der Waals surface area contributed by atoms with Crippen LogP contribution in [0.5, 0.6) is 0 Å². The normalized spacial score (nSPS) is 15.1. The number of benzene rings is 1. The Hall–Kier alpha value is -1.92. The molecule has 1 aromatic carbocycles. The van der Waals surface area contributed by atoms with Gasteiger partial charge in [-0.3, -0.25) is 0 Å². The molecule has 2 heterocycles. The molecule has 0 unspecified atom stereocenters. The molecule has 25 heavy (non-hydrogen) atoms. The number of fused-ring (bicyclic) bond motifs is 1. The fraction of sp³-hybridized carbons (Fsp3) is 0.579. The Balaban J connectivity index is 1.89. The van der Waals surface area contributed by atoms with E-state index in [1.165, 1.54) is 0 Å². The van der Waals surface area contributed by atoms with Gasteiger partial charge in [0.15, 0.2) is 0 Å². The first-order valence-corrected chi connectivity index (χ1v) is 9.26. The third-order valence-corrected chi connectivity index (χ3v) is 4.87. The lowest BCUT2D eigenvalue weighted by atomic mass is 10.2. The quantitative estimate of drug-likeness (QED) is 0.768. The summed E-state index contributed by atoms with van der Waals surface area (Å²) in [4.78, 5) is 16.6. The van der Waals surface area contributed by atoms with E-state index in [1.807, 2.05) is 6.07 Å². The predicted octanol–water partition coefficient (Wildman–Crippen LogP) is 2.24. The Morgan fingerprint density at radius 3 is 2.48 bits per heavy atom. The molecule has 0 bridgehead atoms. The molecule has 2 aromatic rings. The number of nitrogens with zero attached hydrogens (tertiary/aromatic N) is 5. The summed E-state index contributed by atoms with van der Waals surface area (Å²) in [6.07, 6.45) is 0. The molecule has 3 rings (SSSR count). The summed E-state index contributed by atoms with van der Waals surface area (Å²) < 4.78 is 5.46. The van der Waals surface area contributed by atoms with Gasteiger partial charge in [0.2, 0.25) is 5.95 Å². The molecule has 6 heteroatoms. The zero-order chi connectivity index (χ0) is 17.6. The van der Waals surface area contributed by atoms with Gasteiger partial charge in [0.25, 0.3) is 0 Å². The van der Waals surface area contributed by atoms with Crippen LogP contribution in [0.2, 0.25) is 0 Å². The number of morpholine rings is 1. The third kappa shape index (κ3) is 4.19. The number of anilines is 2. The zero-order valence-electron chi connectivity index (χ0n) is 15.6.